The summed E-state index contributed by atoms with van der Waals surface area (Å²) >= 11 is 0. The van der Waals surface area contributed by atoms with Crippen molar-refractivity contribution in [3.05, 3.63) is 18.2 Å². The van der Waals surface area contributed by atoms with Crippen LogP contribution in [0.1, 0.15) is 18.7 Å². The van der Waals surface area contributed by atoms with Crippen molar-refractivity contribution in [2.45, 2.75) is 25.3 Å². The summed E-state index contributed by atoms with van der Waals surface area (Å²) in [5.41, 5.74) is 0. The van der Waals surface area contributed by atoms with E-state index in [1.807, 2.05) is 17.8 Å². The summed E-state index contributed by atoms with van der Waals surface area (Å²) in [5, 5.41) is 3.31. The number of nitrogens with zero attached hydrogens (tertiary/aromatic N) is 2. The molecule has 96 valence electrons. The summed E-state index contributed by atoms with van der Waals surface area (Å²) in [4.78, 5) is 4.23. The zero-order valence-corrected chi connectivity index (χ0v) is 10.9. The van der Waals surface area contributed by atoms with Gasteiger partial charge in [0.25, 0.3) is 0 Å². The first-order valence-electron chi connectivity index (χ1n) is 5.97. The first-order chi connectivity index (χ1) is 8.07. The van der Waals surface area contributed by atoms with E-state index in [-0.39, 0.29) is 11.8 Å². The van der Waals surface area contributed by atoms with Crippen LogP contribution in [0.5, 0.6) is 0 Å². The second-order valence-corrected chi connectivity index (χ2v) is 6.84. The fourth-order valence-corrected chi connectivity index (χ4v) is 3.88. The lowest BCUT2D eigenvalue weighted by atomic mass is 10.2. The molecule has 0 aliphatic carbocycles. The van der Waals surface area contributed by atoms with Crippen LogP contribution in [-0.2, 0) is 23.3 Å². The molecule has 1 aliphatic heterocycles. The van der Waals surface area contributed by atoms with Gasteiger partial charge in [-0.25, -0.2) is 13.4 Å². The van der Waals surface area contributed by atoms with Crippen LogP contribution in [0.3, 0.4) is 0 Å². The first-order valence-corrected chi connectivity index (χ1v) is 7.79. The van der Waals surface area contributed by atoms with Crippen molar-refractivity contribution in [1.29, 1.82) is 0 Å². The fourth-order valence-electron chi connectivity index (χ4n) is 2.21. The molecule has 1 N–H and O–H groups in total. The molecule has 0 amide bonds. The molecule has 0 bridgehead atoms. The van der Waals surface area contributed by atoms with Gasteiger partial charge < -0.3 is 9.88 Å². The van der Waals surface area contributed by atoms with E-state index in [1.165, 1.54) is 0 Å². The van der Waals surface area contributed by atoms with Gasteiger partial charge in [-0.15, -0.1) is 0 Å². The highest BCUT2D eigenvalue weighted by Gasteiger charge is 2.23. The van der Waals surface area contributed by atoms with E-state index in [2.05, 4.69) is 10.3 Å². The minimum Gasteiger partial charge on any atom is -0.338 e. The van der Waals surface area contributed by atoms with Gasteiger partial charge in [0.2, 0.25) is 0 Å². The van der Waals surface area contributed by atoms with E-state index in [1.54, 1.807) is 6.20 Å². The Hall–Kier alpha value is -0.880. The Kier molecular flexibility index (Phi) is 3.83. The molecule has 1 aromatic heterocycles. The SMILES string of the molecule is Cn1ccnc1CCNC1CCCS(=O)(=O)C1. The van der Waals surface area contributed by atoms with Gasteiger partial charge in [-0.05, 0) is 12.8 Å². The summed E-state index contributed by atoms with van der Waals surface area (Å²) in [7, 11) is -0.842. The molecule has 2 heterocycles. The zero-order chi connectivity index (χ0) is 12.3. The lowest BCUT2D eigenvalue weighted by Gasteiger charge is -2.22. The van der Waals surface area contributed by atoms with Crippen LogP contribution >= 0.6 is 0 Å². The van der Waals surface area contributed by atoms with Gasteiger partial charge in [0.1, 0.15) is 5.82 Å². The molecule has 1 atom stereocenters. The van der Waals surface area contributed by atoms with E-state index < -0.39 is 9.84 Å². The number of nitrogens with one attached hydrogen (secondary N) is 1. The lowest BCUT2D eigenvalue weighted by molar-refractivity contribution is 0.480. The van der Waals surface area contributed by atoms with Gasteiger partial charge in [-0.2, -0.15) is 0 Å². The zero-order valence-electron chi connectivity index (χ0n) is 10.1. The molecular formula is C11H19N3O2S. The summed E-state index contributed by atoms with van der Waals surface area (Å²) in [6.07, 6.45) is 6.27. The minimum atomic E-state index is -2.81. The van der Waals surface area contributed by atoms with Crippen molar-refractivity contribution in [3.8, 4) is 0 Å². The highest BCUT2D eigenvalue weighted by Crippen LogP contribution is 2.11. The Labute approximate surface area is 102 Å². The molecule has 0 aromatic carbocycles. The molecular weight excluding hydrogens is 238 g/mol. The van der Waals surface area contributed by atoms with Crippen molar-refractivity contribution in [2.75, 3.05) is 18.1 Å². The third kappa shape index (κ3) is 3.54. The van der Waals surface area contributed by atoms with Gasteiger partial charge in [0.05, 0.1) is 11.5 Å². The number of imidazole rings is 1. The average Bonchev–Trinajstić information content (AvgIpc) is 2.63. The predicted molar refractivity (Wildman–Crippen MR) is 66.6 cm³/mol. The molecule has 1 aromatic rings. The molecule has 1 aliphatic rings. The second-order valence-electron chi connectivity index (χ2n) is 4.61. The van der Waals surface area contributed by atoms with Crippen LogP contribution in [0.25, 0.3) is 0 Å². The van der Waals surface area contributed by atoms with E-state index in [0.717, 1.165) is 31.6 Å². The topological polar surface area (TPSA) is 64.0 Å². The van der Waals surface area contributed by atoms with Gasteiger partial charge >= 0.3 is 0 Å². The van der Waals surface area contributed by atoms with E-state index >= 15 is 0 Å². The molecule has 6 heteroatoms. The monoisotopic (exact) mass is 257 g/mol. The highest BCUT2D eigenvalue weighted by atomic mass is 32.2. The molecule has 2 rings (SSSR count). The van der Waals surface area contributed by atoms with E-state index in [4.69, 9.17) is 0 Å². The van der Waals surface area contributed by atoms with Crippen molar-refractivity contribution in [1.82, 2.24) is 14.9 Å². The van der Waals surface area contributed by atoms with Crippen molar-refractivity contribution >= 4 is 9.84 Å². The number of aryl methyl sites for hydroxylation is 1. The molecule has 1 unspecified atom stereocenters. The van der Waals surface area contributed by atoms with Crippen LogP contribution < -0.4 is 5.32 Å². The number of rotatable bonds is 4. The Morgan fingerprint density at radius 3 is 3.06 bits per heavy atom. The molecule has 5 nitrogen and oxygen atoms in total. The Balaban J connectivity index is 1.77. The molecule has 17 heavy (non-hydrogen) atoms. The summed E-state index contributed by atoms with van der Waals surface area (Å²) in [5.74, 6) is 1.66. The summed E-state index contributed by atoms with van der Waals surface area (Å²) in [6.45, 7) is 0.783. The molecule has 0 spiro atoms. The first kappa shape index (κ1) is 12.6. The third-order valence-electron chi connectivity index (χ3n) is 3.17. The van der Waals surface area contributed by atoms with Crippen molar-refractivity contribution in [3.63, 3.8) is 0 Å². The number of hydrogen-bond donors (Lipinski definition) is 1. The smallest absolute Gasteiger partial charge is 0.151 e. The summed E-state index contributed by atoms with van der Waals surface area (Å²) in [6, 6.07) is 0.119. The third-order valence-corrected chi connectivity index (χ3v) is 4.99. The Morgan fingerprint density at radius 1 is 1.59 bits per heavy atom. The van der Waals surface area contributed by atoms with Crippen LogP contribution in [0.4, 0.5) is 0 Å². The highest BCUT2D eigenvalue weighted by molar-refractivity contribution is 7.91. The molecule has 0 saturated carbocycles. The van der Waals surface area contributed by atoms with E-state index in [9.17, 15) is 8.42 Å². The normalized spacial score (nSPS) is 23.7. The maximum Gasteiger partial charge on any atom is 0.151 e. The molecule has 1 fully saturated rings. The number of sulfone groups is 1. The molecule has 1 saturated heterocycles. The lowest BCUT2D eigenvalue weighted by Crippen LogP contribution is -2.41. The number of aromatic nitrogens is 2. The predicted octanol–water partition coefficient (Wildman–Crippen LogP) is 0.129. The Bertz CT molecular complexity index is 467. The minimum absolute atomic E-state index is 0.119. The average molecular weight is 257 g/mol. The Morgan fingerprint density at radius 2 is 2.41 bits per heavy atom. The summed E-state index contributed by atoms with van der Waals surface area (Å²) < 4.78 is 24.9. The van der Waals surface area contributed by atoms with Gasteiger partial charge in [-0.1, -0.05) is 0 Å². The largest absolute Gasteiger partial charge is 0.338 e. The molecule has 0 radical (unpaired) electrons. The maximum absolute atomic E-state index is 11.5. The van der Waals surface area contributed by atoms with Gasteiger partial charge in [-0.3, -0.25) is 0 Å². The standard InChI is InChI=1S/C11H19N3O2S/c1-14-7-6-13-11(14)4-5-12-10-3-2-8-17(15,16)9-10/h6-7,10,12H,2-5,8-9H2,1H3. The fraction of sp³-hybridized carbons (Fsp3) is 0.727. The van der Waals surface area contributed by atoms with Crippen LogP contribution in [0.2, 0.25) is 0 Å². The van der Waals surface area contributed by atoms with Gasteiger partial charge in [0.15, 0.2) is 9.84 Å². The van der Waals surface area contributed by atoms with Crippen LogP contribution in [0, 0.1) is 0 Å². The van der Waals surface area contributed by atoms with Crippen LogP contribution in [-0.4, -0.2) is 42.1 Å². The second kappa shape index (κ2) is 5.18. The van der Waals surface area contributed by atoms with Crippen molar-refractivity contribution < 1.29 is 8.42 Å². The van der Waals surface area contributed by atoms with Gasteiger partial charge in [0, 0.05) is 38.4 Å². The van der Waals surface area contributed by atoms with E-state index in [0.29, 0.717) is 5.75 Å². The maximum atomic E-state index is 11.5. The van der Waals surface area contributed by atoms with Crippen molar-refractivity contribution in [2.24, 2.45) is 7.05 Å². The quantitative estimate of drug-likeness (QED) is 0.833. The number of hydrogen-bond acceptors (Lipinski definition) is 4. The van der Waals surface area contributed by atoms with Crippen LogP contribution in [0.15, 0.2) is 12.4 Å².